The minimum absolute atomic E-state index is 0.0854. The van der Waals surface area contributed by atoms with Crippen LogP contribution in [0.4, 0.5) is 17.1 Å². The molecule has 0 fully saturated rings. The summed E-state index contributed by atoms with van der Waals surface area (Å²) in [7, 11) is 0. The molecule has 268 valence electrons. The van der Waals surface area contributed by atoms with E-state index in [2.05, 4.69) is 187 Å². The van der Waals surface area contributed by atoms with E-state index in [4.69, 9.17) is 4.42 Å². The Labute approximate surface area is 335 Å². The molecule has 8 aromatic carbocycles. The van der Waals surface area contributed by atoms with Crippen LogP contribution in [-0.4, -0.2) is 11.3 Å². The highest BCUT2D eigenvalue weighted by Crippen LogP contribution is 2.65. The molecule has 0 unspecified atom stereocenters. The fourth-order valence-corrected chi connectivity index (χ4v) is 12.7. The van der Waals surface area contributed by atoms with Crippen molar-refractivity contribution in [3.8, 4) is 33.4 Å². The third kappa shape index (κ3) is 3.06. The van der Waals surface area contributed by atoms with Crippen LogP contribution in [0.3, 0.4) is 0 Å². The number of hydrogen-bond acceptors (Lipinski definition) is 2. The zero-order chi connectivity index (χ0) is 37.8. The van der Waals surface area contributed by atoms with Gasteiger partial charge in [0.15, 0.2) is 0 Å². The van der Waals surface area contributed by atoms with Gasteiger partial charge in [-0.05, 0) is 73.6 Å². The van der Waals surface area contributed by atoms with E-state index in [1.54, 1.807) is 0 Å². The maximum Gasteiger partial charge on any atom is 0.333 e. The molecule has 4 heteroatoms. The first-order chi connectivity index (χ1) is 28.6. The van der Waals surface area contributed by atoms with Crippen LogP contribution in [0.1, 0.15) is 47.4 Å². The summed E-state index contributed by atoms with van der Waals surface area (Å²) in [5, 5.41) is 3.63. The van der Waals surface area contributed by atoms with E-state index >= 15 is 0 Å². The number of anilines is 3. The summed E-state index contributed by atoms with van der Waals surface area (Å²) in [5.74, 6) is 0. The van der Waals surface area contributed by atoms with E-state index in [1.165, 1.54) is 106 Å². The fraction of sp³-hybridized carbons (Fsp3) is 0.0741. The second-order valence-electron chi connectivity index (χ2n) is 17.5. The lowest BCUT2D eigenvalue weighted by atomic mass is 9.43. The van der Waals surface area contributed by atoms with Crippen molar-refractivity contribution in [1.82, 2.24) is 4.48 Å². The Balaban J connectivity index is 1.18. The van der Waals surface area contributed by atoms with Gasteiger partial charge >= 0.3 is 6.85 Å². The first kappa shape index (κ1) is 30.1. The zero-order valence-electron chi connectivity index (χ0n) is 32.0. The number of rotatable bonds is 0. The van der Waals surface area contributed by atoms with Gasteiger partial charge in [-0.25, -0.2) is 0 Å². The Hall–Kier alpha value is -7.04. The molecule has 1 spiro atoms. The third-order valence-corrected chi connectivity index (χ3v) is 14.7. The monoisotopic (exact) mass is 736 g/mol. The first-order valence-electron chi connectivity index (χ1n) is 20.6. The van der Waals surface area contributed by atoms with E-state index < -0.39 is 5.41 Å². The summed E-state index contributed by atoms with van der Waals surface area (Å²) in [5.41, 5.74) is 24.9. The number of furan rings is 1. The number of para-hydroxylation sites is 4. The average Bonchev–Trinajstić information content (AvgIpc) is 3.97. The van der Waals surface area contributed by atoms with Crippen molar-refractivity contribution in [2.24, 2.45) is 0 Å². The Morgan fingerprint density at radius 2 is 1.12 bits per heavy atom. The van der Waals surface area contributed by atoms with Gasteiger partial charge in [-0.1, -0.05) is 159 Å². The summed E-state index contributed by atoms with van der Waals surface area (Å²) < 4.78 is 9.81. The van der Waals surface area contributed by atoms with Gasteiger partial charge < -0.3 is 13.8 Å². The molecule has 0 N–H and O–H groups in total. The minimum Gasteiger partial charge on any atom is -0.455 e. The van der Waals surface area contributed by atoms with Crippen LogP contribution in [0, 0.1) is 0 Å². The highest BCUT2D eigenvalue weighted by Gasteiger charge is 2.56. The number of hydrogen-bond donors (Lipinski definition) is 0. The summed E-state index contributed by atoms with van der Waals surface area (Å²) in [6.45, 7) is 4.79. The average molecular weight is 737 g/mol. The zero-order valence-corrected chi connectivity index (χ0v) is 32.0. The van der Waals surface area contributed by atoms with Crippen LogP contribution in [-0.2, 0) is 10.8 Å². The van der Waals surface area contributed by atoms with Crippen molar-refractivity contribution in [3.05, 3.63) is 197 Å². The molecule has 0 saturated heterocycles. The maximum absolute atomic E-state index is 7.03. The normalized spacial score (nSPS) is 16.0. The molecule has 0 amide bonds. The molecular formula is C54H33BN2O. The van der Waals surface area contributed by atoms with Gasteiger partial charge in [0.05, 0.1) is 11.1 Å². The summed E-state index contributed by atoms with van der Waals surface area (Å²) in [6.07, 6.45) is 0. The summed E-state index contributed by atoms with van der Waals surface area (Å²) in [4.78, 5) is 2.64. The van der Waals surface area contributed by atoms with E-state index in [1.807, 2.05) is 0 Å². The van der Waals surface area contributed by atoms with E-state index in [0.29, 0.717) is 0 Å². The van der Waals surface area contributed by atoms with Crippen molar-refractivity contribution in [2.45, 2.75) is 24.7 Å². The van der Waals surface area contributed by atoms with Gasteiger partial charge in [-0.3, -0.25) is 0 Å². The van der Waals surface area contributed by atoms with Gasteiger partial charge in [0, 0.05) is 60.8 Å². The summed E-state index contributed by atoms with van der Waals surface area (Å²) >= 11 is 0. The largest absolute Gasteiger partial charge is 0.455 e. The van der Waals surface area contributed by atoms with Crippen molar-refractivity contribution in [1.29, 1.82) is 0 Å². The second-order valence-corrected chi connectivity index (χ2v) is 17.5. The summed E-state index contributed by atoms with van der Waals surface area (Å²) in [6, 6.07) is 61.9. The first-order valence-corrected chi connectivity index (χ1v) is 20.6. The predicted molar refractivity (Wildman–Crippen MR) is 238 cm³/mol. The third-order valence-electron chi connectivity index (χ3n) is 14.7. The van der Waals surface area contributed by atoms with Crippen molar-refractivity contribution in [2.75, 3.05) is 4.90 Å². The van der Waals surface area contributed by atoms with E-state index in [9.17, 15) is 0 Å². The van der Waals surface area contributed by atoms with Crippen molar-refractivity contribution in [3.63, 3.8) is 0 Å². The highest BCUT2D eigenvalue weighted by molar-refractivity contribution is 6.90. The molecule has 58 heavy (non-hydrogen) atoms. The molecule has 2 aliphatic carbocycles. The molecule has 0 radical (unpaired) electrons. The predicted octanol–water partition coefficient (Wildman–Crippen LogP) is 11.9. The molecule has 0 saturated carbocycles. The van der Waals surface area contributed by atoms with Crippen molar-refractivity contribution < 1.29 is 4.42 Å². The Morgan fingerprint density at radius 1 is 0.500 bits per heavy atom. The Kier molecular flexibility index (Phi) is 5.06. The molecule has 10 aromatic rings. The van der Waals surface area contributed by atoms with Gasteiger partial charge in [0.1, 0.15) is 11.2 Å². The standard InChI is InChI=1S/C54H33BN2O/c1-53(2)37-21-7-5-18-33(37)46-34-19-13-20-35-47-48-44(29-36-32-17-6-12-28-45(32)58-51(36)47)56-43-27-11-10-24-40(43)54(38-22-8-3-15-30(38)31-16-4-9-23-39(31)54)41-25-14-26-42(50(41)56)55(48)57(49(34)35)52(46)53/h3-29H,1-2H3. The molecule has 5 heterocycles. The second kappa shape index (κ2) is 9.73. The molecule has 2 aromatic heterocycles. The van der Waals surface area contributed by atoms with E-state index in [-0.39, 0.29) is 12.3 Å². The quantitative estimate of drug-likeness (QED) is 0.145. The van der Waals surface area contributed by atoms with Crippen LogP contribution < -0.4 is 15.8 Å². The van der Waals surface area contributed by atoms with Crippen LogP contribution in [0.25, 0.3) is 66.2 Å². The maximum atomic E-state index is 7.03. The van der Waals surface area contributed by atoms with Crippen LogP contribution >= 0.6 is 0 Å². The van der Waals surface area contributed by atoms with Gasteiger partial charge in [0.2, 0.25) is 0 Å². The molecule has 5 aliphatic rings. The lowest BCUT2D eigenvalue weighted by Crippen LogP contribution is -2.59. The molecule has 0 atom stereocenters. The SMILES string of the molecule is CC1(C)c2ccccc2-c2c1n1c3c(cccc23)-c2c3c(cc4c2oc2ccccc24)N2c4ccccc4C4(c5ccccc5-c5ccccc54)c4cccc(c42)B31. The fourth-order valence-electron chi connectivity index (χ4n) is 12.7. The minimum atomic E-state index is -0.492. The van der Waals surface area contributed by atoms with E-state index in [0.717, 1.165) is 21.9 Å². The molecule has 3 aliphatic heterocycles. The molecule has 3 nitrogen and oxygen atoms in total. The lowest BCUT2D eigenvalue weighted by molar-refractivity contribution is 0.632. The smallest absolute Gasteiger partial charge is 0.333 e. The van der Waals surface area contributed by atoms with Gasteiger partial charge in [-0.15, -0.1) is 0 Å². The molecular weight excluding hydrogens is 703 g/mol. The molecule has 15 rings (SSSR count). The Bertz CT molecular complexity index is 3540. The highest BCUT2D eigenvalue weighted by atomic mass is 16.3. The number of fused-ring (bicyclic) bond motifs is 22. The van der Waals surface area contributed by atoms with Crippen LogP contribution in [0.2, 0.25) is 0 Å². The van der Waals surface area contributed by atoms with Gasteiger partial charge in [0.25, 0.3) is 0 Å². The number of nitrogens with zero attached hydrogens (tertiary/aromatic N) is 2. The molecule has 0 bridgehead atoms. The van der Waals surface area contributed by atoms with Crippen LogP contribution in [0.5, 0.6) is 0 Å². The van der Waals surface area contributed by atoms with Gasteiger partial charge in [-0.2, -0.15) is 0 Å². The number of benzene rings is 8. The van der Waals surface area contributed by atoms with Crippen LogP contribution in [0.15, 0.2) is 168 Å². The van der Waals surface area contributed by atoms with Crippen molar-refractivity contribution >= 4 is 67.7 Å². The lowest BCUT2D eigenvalue weighted by Gasteiger charge is -2.50. The number of aromatic nitrogens is 1. The Morgan fingerprint density at radius 3 is 1.93 bits per heavy atom. The topological polar surface area (TPSA) is 21.3 Å².